The predicted octanol–water partition coefficient (Wildman–Crippen LogP) is -0.206. The predicted molar refractivity (Wildman–Crippen MR) is 93.1 cm³/mol. The Morgan fingerprint density at radius 3 is 2.31 bits per heavy atom. The maximum Gasteiger partial charge on any atom is 0.270 e. The Morgan fingerprint density at radius 2 is 1.77 bits per heavy atom. The van der Waals surface area contributed by atoms with E-state index in [-0.39, 0.29) is 49.3 Å². The van der Waals surface area contributed by atoms with E-state index in [1.807, 2.05) is 0 Å². The quantitative estimate of drug-likeness (QED) is 0.778. The van der Waals surface area contributed by atoms with E-state index in [0.29, 0.717) is 17.9 Å². The van der Waals surface area contributed by atoms with Crippen molar-refractivity contribution in [2.24, 2.45) is 5.10 Å². The average molecular weight is 380 g/mol. The molecule has 0 saturated carbocycles. The summed E-state index contributed by atoms with van der Waals surface area (Å²) < 4.78 is 31.8. The Morgan fingerprint density at radius 1 is 1.12 bits per heavy atom. The molecule has 0 radical (unpaired) electrons. The van der Waals surface area contributed by atoms with Crippen LogP contribution in [0.25, 0.3) is 0 Å². The van der Waals surface area contributed by atoms with Gasteiger partial charge in [-0.2, -0.15) is 9.41 Å². The van der Waals surface area contributed by atoms with E-state index in [9.17, 15) is 18.0 Å². The fourth-order valence-corrected chi connectivity index (χ4v) is 4.26. The lowest BCUT2D eigenvalue weighted by molar-refractivity contribution is -0.125. The van der Waals surface area contributed by atoms with Crippen LogP contribution in [0.15, 0.2) is 34.3 Å². The number of carbonyl (C=O) groups is 2. The van der Waals surface area contributed by atoms with Gasteiger partial charge in [-0.25, -0.2) is 13.8 Å². The lowest BCUT2D eigenvalue weighted by Gasteiger charge is -2.34. The van der Waals surface area contributed by atoms with Gasteiger partial charge in [0.2, 0.25) is 15.9 Å². The van der Waals surface area contributed by atoms with Crippen LogP contribution in [0.5, 0.6) is 5.75 Å². The highest BCUT2D eigenvalue weighted by Crippen LogP contribution is 2.21. The molecule has 9 nitrogen and oxygen atoms in total. The zero-order valence-electron chi connectivity index (χ0n) is 14.3. The summed E-state index contributed by atoms with van der Waals surface area (Å²) in [6.07, 6.45) is 0.533. The van der Waals surface area contributed by atoms with Gasteiger partial charge in [0.05, 0.1) is 12.0 Å². The summed E-state index contributed by atoms with van der Waals surface area (Å²) >= 11 is 0. The van der Waals surface area contributed by atoms with Crippen LogP contribution in [0.4, 0.5) is 0 Å². The smallest absolute Gasteiger partial charge is 0.270 e. The monoisotopic (exact) mass is 380 g/mol. The van der Waals surface area contributed by atoms with Crippen LogP contribution >= 0.6 is 0 Å². The minimum absolute atomic E-state index is 0.192. The van der Waals surface area contributed by atoms with Crippen LogP contribution in [-0.2, 0) is 19.6 Å². The number of hydrogen-bond acceptors (Lipinski definition) is 6. The highest BCUT2D eigenvalue weighted by atomic mass is 32.2. The number of nitrogens with zero attached hydrogens (tertiary/aromatic N) is 3. The second-order valence-electron chi connectivity index (χ2n) is 5.97. The number of hydrogen-bond donors (Lipinski definition) is 1. The van der Waals surface area contributed by atoms with Gasteiger partial charge in [-0.3, -0.25) is 9.59 Å². The summed E-state index contributed by atoms with van der Waals surface area (Å²) in [7, 11) is -2.10. The van der Waals surface area contributed by atoms with E-state index < -0.39 is 10.0 Å². The maximum atomic E-state index is 12.7. The fourth-order valence-electron chi connectivity index (χ4n) is 2.84. The van der Waals surface area contributed by atoms with Crippen molar-refractivity contribution in [2.45, 2.75) is 17.7 Å². The second-order valence-corrected chi connectivity index (χ2v) is 7.90. The molecule has 0 aliphatic carbocycles. The Balaban J connectivity index is 1.64. The van der Waals surface area contributed by atoms with Gasteiger partial charge in [0, 0.05) is 39.0 Å². The van der Waals surface area contributed by atoms with Gasteiger partial charge in [0.25, 0.3) is 5.91 Å². The van der Waals surface area contributed by atoms with Crippen LogP contribution < -0.4 is 10.2 Å². The molecule has 0 unspecified atom stereocenters. The highest BCUT2D eigenvalue weighted by Gasteiger charge is 2.32. The van der Waals surface area contributed by atoms with Crippen molar-refractivity contribution in [2.75, 3.05) is 33.3 Å². The van der Waals surface area contributed by atoms with Crippen molar-refractivity contribution in [3.05, 3.63) is 24.3 Å². The molecule has 1 N–H and O–H groups in total. The normalized spacial score (nSPS) is 18.9. The summed E-state index contributed by atoms with van der Waals surface area (Å²) in [5, 5.41) is 3.80. The number of hydrazone groups is 1. The molecular weight excluding hydrogens is 360 g/mol. The molecule has 2 aliphatic rings. The second kappa shape index (κ2) is 7.42. The average Bonchev–Trinajstić information content (AvgIpc) is 2.68. The summed E-state index contributed by atoms with van der Waals surface area (Å²) in [5.41, 5.74) is 2.60. The van der Waals surface area contributed by atoms with Crippen LogP contribution in [0, 0.1) is 0 Å². The molecule has 1 aromatic carbocycles. The van der Waals surface area contributed by atoms with Crippen LogP contribution in [-0.4, -0.2) is 68.4 Å². The van der Waals surface area contributed by atoms with E-state index in [4.69, 9.17) is 4.74 Å². The van der Waals surface area contributed by atoms with Gasteiger partial charge >= 0.3 is 0 Å². The van der Waals surface area contributed by atoms with Crippen molar-refractivity contribution in [3.8, 4) is 5.75 Å². The summed E-state index contributed by atoms with van der Waals surface area (Å²) in [5.74, 6) is 0.114. The molecule has 1 saturated heterocycles. The number of rotatable bonds is 4. The number of sulfonamides is 1. The minimum atomic E-state index is -3.62. The first-order valence-electron chi connectivity index (χ1n) is 8.20. The van der Waals surface area contributed by atoms with Gasteiger partial charge in [-0.15, -0.1) is 0 Å². The first-order valence-corrected chi connectivity index (χ1v) is 9.64. The molecule has 10 heteroatoms. The summed E-state index contributed by atoms with van der Waals surface area (Å²) in [6, 6.07) is 6.21. The SMILES string of the molecule is COc1ccc(S(=O)(=O)N2CCN(C(=O)C3=NNC(=O)CC3)CC2)cc1. The molecule has 0 atom stereocenters. The first kappa shape index (κ1) is 18.3. The Kier molecular flexibility index (Phi) is 5.23. The fraction of sp³-hybridized carbons (Fsp3) is 0.438. The lowest BCUT2D eigenvalue weighted by Crippen LogP contribution is -2.52. The molecular formula is C16H20N4O5S. The first-order chi connectivity index (χ1) is 12.4. The van der Waals surface area contributed by atoms with E-state index in [1.54, 1.807) is 17.0 Å². The van der Waals surface area contributed by atoms with E-state index in [0.717, 1.165) is 0 Å². The van der Waals surface area contributed by atoms with Gasteiger partial charge in [0.1, 0.15) is 11.5 Å². The number of ether oxygens (including phenoxy) is 1. The van der Waals surface area contributed by atoms with Crippen molar-refractivity contribution in [1.82, 2.24) is 14.6 Å². The Labute approximate surface area is 151 Å². The van der Waals surface area contributed by atoms with Gasteiger partial charge in [-0.1, -0.05) is 0 Å². The third kappa shape index (κ3) is 3.70. The van der Waals surface area contributed by atoms with Gasteiger partial charge in [0.15, 0.2) is 0 Å². The number of methoxy groups -OCH3 is 1. The van der Waals surface area contributed by atoms with Crippen molar-refractivity contribution >= 4 is 27.5 Å². The van der Waals surface area contributed by atoms with Gasteiger partial charge < -0.3 is 9.64 Å². The largest absolute Gasteiger partial charge is 0.497 e. The maximum absolute atomic E-state index is 12.7. The van der Waals surface area contributed by atoms with Crippen LogP contribution in [0.2, 0.25) is 0 Å². The third-order valence-electron chi connectivity index (χ3n) is 4.37. The van der Waals surface area contributed by atoms with Crippen LogP contribution in [0.1, 0.15) is 12.8 Å². The number of carbonyl (C=O) groups excluding carboxylic acids is 2. The van der Waals surface area contributed by atoms with Crippen molar-refractivity contribution in [1.29, 1.82) is 0 Å². The molecule has 26 heavy (non-hydrogen) atoms. The van der Waals surface area contributed by atoms with Crippen LogP contribution in [0.3, 0.4) is 0 Å². The van der Waals surface area contributed by atoms with Gasteiger partial charge in [-0.05, 0) is 24.3 Å². The number of amides is 2. The molecule has 2 heterocycles. The molecule has 140 valence electrons. The zero-order valence-corrected chi connectivity index (χ0v) is 15.2. The standard InChI is InChI=1S/C16H20N4O5S/c1-25-12-2-4-13(5-3-12)26(23,24)20-10-8-19(9-11-20)16(22)14-6-7-15(21)18-17-14/h2-5H,6-11H2,1H3,(H,18,21). The molecule has 1 aromatic rings. The topological polar surface area (TPSA) is 108 Å². The number of benzene rings is 1. The summed E-state index contributed by atoms with van der Waals surface area (Å²) in [6.45, 7) is 0.974. The third-order valence-corrected chi connectivity index (χ3v) is 6.29. The Bertz CT molecular complexity index is 827. The lowest BCUT2D eigenvalue weighted by atomic mass is 10.1. The summed E-state index contributed by atoms with van der Waals surface area (Å²) in [4.78, 5) is 25.3. The molecule has 2 aliphatic heterocycles. The van der Waals surface area contributed by atoms with E-state index in [1.165, 1.54) is 23.5 Å². The number of piperazine rings is 1. The van der Waals surface area contributed by atoms with E-state index >= 15 is 0 Å². The Hall–Kier alpha value is -2.46. The molecule has 1 fully saturated rings. The molecule has 0 spiro atoms. The number of nitrogens with one attached hydrogen (secondary N) is 1. The molecule has 2 amide bonds. The molecule has 0 aromatic heterocycles. The minimum Gasteiger partial charge on any atom is -0.497 e. The zero-order chi connectivity index (χ0) is 18.7. The molecule has 0 bridgehead atoms. The van der Waals surface area contributed by atoms with Crippen molar-refractivity contribution < 1.29 is 22.7 Å². The molecule has 3 rings (SSSR count). The van der Waals surface area contributed by atoms with E-state index in [2.05, 4.69) is 10.5 Å². The van der Waals surface area contributed by atoms with Crippen molar-refractivity contribution in [3.63, 3.8) is 0 Å². The highest BCUT2D eigenvalue weighted by molar-refractivity contribution is 7.89.